The van der Waals surface area contributed by atoms with Gasteiger partial charge in [0.1, 0.15) is 5.75 Å². The largest absolute Gasteiger partial charge is 0.497 e. The molecule has 0 aliphatic rings. The van der Waals surface area contributed by atoms with E-state index >= 15 is 0 Å². The summed E-state index contributed by atoms with van der Waals surface area (Å²) < 4.78 is 4.88. The standard InChI is InChI=1S/C7H9BO3.Mg/c1-11-7-4-2-3-6(5-7)8(9)10;/h2-5,9-10H,1H3;. The highest BCUT2D eigenvalue weighted by molar-refractivity contribution is 6.58. The van der Waals surface area contributed by atoms with Crippen LogP contribution < -0.4 is 10.2 Å². The Balaban J connectivity index is 0.00000121. The van der Waals surface area contributed by atoms with Crippen molar-refractivity contribution >= 4 is 35.6 Å². The van der Waals surface area contributed by atoms with E-state index in [0.29, 0.717) is 11.2 Å². The van der Waals surface area contributed by atoms with Crippen LogP contribution in [-0.2, 0) is 0 Å². The van der Waals surface area contributed by atoms with Gasteiger partial charge in [0.15, 0.2) is 0 Å². The predicted octanol–water partition coefficient (Wildman–Crippen LogP) is -1.01. The van der Waals surface area contributed by atoms with E-state index in [1.807, 2.05) is 0 Å². The molecule has 0 aliphatic heterocycles. The second-order valence-electron chi connectivity index (χ2n) is 2.15. The maximum Gasteiger partial charge on any atom is 0.488 e. The lowest BCUT2D eigenvalue weighted by molar-refractivity contribution is 0.412. The fraction of sp³-hybridized carbons (Fsp3) is 0.143. The quantitative estimate of drug-likeness (QED) is 0.568. The summed E-state index contributed by atoms with van der Waals surface area (Å²) >= 11 is 0. The summed E-state index contributed by atoms with van der Waals surface area (Å²) in [5.74, 6) is 0.621. The van der Waals surface area contributed by atoms with Gasteiger partial charge >= 0.3 is 7.12 Å². The average Bonchev–Trinajstić information content (AvgIpc) is 2.05. The molecule has 2 N–H and O–H groups in total. The first-order valence-corrected chi connectivity index (χ1v) is 3.24. The van der Waals surface area contributed by atoms with E-state index in [1.165, 1.54) is 7.11 Å². The maximum absolute atomic E-state index is 8.74. The summed E-state index contributed by atoms with van der Waals surface area (Å²) in [7, 11) is 0.105. The van der Waals surface area contributed by atoms with Gasteiger partial charge in [0.05, 0.1) is 7.11 Å². The molecule has 0 fully saturated rings. The Hall–Kier alpha value is -0.229. The van der Waals surface area contributed by atoms with Crippen LogP contribution in [0.1, 0.15) is 0 Å². The van der Waals surface area contributed by atoms with Crippen LogP contribution in [0.3, 0.4) is 0 Å². The lowest BCUT2D eigenvalue weighted by atomic mass is 9.80. The number of rotatable bonds is 2. The van der Waals surface area contributed by atoms with Crippen molar-refractivity contribution in [1.82, 2.24) is 0 Å². The molecule has 2 radical (unpaired) electrons. The smallest absolute Gasteiger partial charge is 0.488 e. The first-order chi connectivity index (χ1) is 5.24. The summed E-state index contributed by atoms with van der Waals surface area (Å²) in [5, 5.41) is 17.5. The highest BCUT2D eigenvalue weighted by atomic mass is 24.3. The third-order valence-electron chi connectivity index (χ3n) is 1.39. The minimum Gasteiger partial charge on any atom is -0.497 e. The van der Waals surface area contributed by atoms with Gasteiger partial charge in [-0.15, -0.1) is 0 Å². The van der Waals surface area contributed by atoms with Crippen LogP contribution in [0.25, 0.3) is 0 Å². The molecule has 0 amide bonds. The van der Waals surface area contributed by atoms with E-state index in [4.69, 9.17) is 14.8 Å². The molecule has 5 heteroatoms. The van der Waals surface area contributed by atoms with Crippen molar-refractivity contribution in [2.24, 2.45) is 0 Å². The average molecular weight is 176 g/mol. The molecule has 60 valence electrons. The number of ether oxygens (including phenoxy) is 1. The molecular formula is C7H9BMgO3. The van der Waals surface area contributed by atoms with Crippen molar-refractivity contribution < 1.29 is 14.8 Å². The number of methoxy groups -OCH3 is 1. The van der Waals surface area contributed by atoms with Gasteiger partial charge in [0.2, 0.25) is 0 Å². The fourth-order valence-electron chi connectivity index (χ4n) is 0.802. The molecule has 3 nitrogen and oxygen atoms in total. The van der Waals surface area contributed by atoms with Gasteiger partial charge in [-0.3, -0.25) is 0 Å². The topological polar surface area (TPSA) is 49.7 Å². The predicted molar refractivity (Wildman–Crippen MR) is 48.6 cm³/mol. The summed E-state index contributed by atoms with van der Waals surface area (Å²) in [6.45, 7) is 0. The second kappa shape index (κ2) is 5.42. The van der Waals surface area contributed by atoms with Crippen molar-refractivity contribution in [3.63, 3.8) is 0 Å². The zero-order valence-corrected chi connectivity index (χ0v) is 8.31. The summed E-state index contributed by atoms with van der Waals surface area (Å²) in [4.78, 5) is 0. The minimum absolute atomic E-state index is 0. The Labute approximate surface area is 87.7 Å². The molecule has 1 aromatic carbocycles. The molecule has 1 aromatic rings. The SMILES string of the molecule is COc1cccc(B(O)O)c1.[Mg]. The van der Waals surface area contributed by atoms with Crippen LogP contribution in [0.2, 0.25) is 0 Å². The Morgan fingerprint density at radius 1 is 1.33 bits per heavy atom. The van der Waals surface area contributed by atoms with E-state index in [0.717, 1.165) is 0 Å². The molecule has 0 heterocycles. The molecule has 0 unspecified atom stereocenters. The molecule has 0 aromatic heterocycles. The lowest BCUT2D eigenvalue weighted by Gasteiger charge is -2.01. The first-order valence-electron chi connectivity index (χ1n) is 3.24. The van der Waals surface area contributed by atoms with Crippen LogP contribution in [-0.4, -0.2) is 47.3 Å². The van der Waals surface area contributed by atoms with E-state index in [1.54, 1.807) is 24.3 Å². The van der Waals surface area contributed by atoms with Crippen molar-refractivity contribution in [2.75, 3.05) is 7.11 Å². The molecule has 12 heavy (non-hydrogen) atoms. The van der Waals surface area contributed by atoms with Gasteiger partial charge in [0.25, 0.3) is 0 Å². The van der Waals surface area contributed by atoms with E-state index < -0.39 is 7.12 Å². The highest BCUT2D eigenvalue weighted by Crippen LogP contribution is 2.05. The van der Waals surface area contributed by atoms with Gasteiger partial charge < -0.3 is 14.8 Å². The molecule has 0 saturated heterocycles. The molecule has 0 spiro atoms. The van der Waals surface area contributed by atoms with Gasteiger partial charge in [-0.05, 0) is 17.6 Å². The fourth-order valence-corrected chi connectivity index (χ4v) is 0.802. The second-order valence-corrected chi connectivity index (χ2v) is 2.15. The van der Waals surface area contributed by atoms with Crippen molar-refractivity contribution in [3.05, 3.63) is 24.3 Å². The zero-order valence-electron chi connectivity index (χ0n) is 6.90. The minimum atomic E-state index is -1.43. The first kappa shape index (κ1) is 11.8. The van der Waals surface area contributed by atoms with Gasteiger partial charge in [-0.1, -0.05) is 12.1 Å². The Bertz CT molecular complexity index is 242. The third kappa shape index (κ3) is 3.02. The molecule has 0 saturated carbocycles. The van der Waals surface area contributed by atoms with Gasteiger partial charge in [-0.2, -0.15) is 0 Å². The van der Waals surface area contributed by atoms with E-state index in [-0.39, 0.29) is 23.1 Å². The Morgan fingerprint density at radius 2 is 2.00 bits per heavy atom. The van der Waals surface area contributed by atoms with E-state index in [2.05, 4.69) is 0 Å². The molecule has 0 atom stereocenters. The lowest BCUT2D eigenvalue weighted by Crippen LogP contribution is -2.29. The molecule has 0 bridgehead atoms. The van der Waals surface area contributed by atoms with Crippen LogP contribution in [0.5, 0.6) is 5.75 Å². The van der Waals surface area contributed by atoms with Crippen LogP contribution in [0.15, 0.2) is 24.3 Å². The molecule has 0 aliphatic carbocycles. The molecular weight excluding hydrogens is 167 g/mol. The number of benzene rings is 1. The monoisotopic (exact) mass is 176 g/mol. The van der Waals surface area contributed by atoms with Gasteiger partial charge in [-0.25, -0.2) is 0 Å². The normalized spacial score (nSPS) is 8.58. The van der Waals surface area contributed by atoms with Crippen LogP contribution >= 0.6 is 0 Å². The third-order valence-corrected chi connectivity index (χ3v) is 1.39. The maximum atomic E-state index is 8.74. The van der Waals surface area contributed by atoms with Crippen molar-refractivity contribution in [3.8, 4) is 5.75 Å². The summed E-state index contributed by atoms with van der Waals surface area (Å²) in [5.41, 5.74) is 0.435. The van der Waals surface area contributed by atoms with E-state index in [9.17, 15) is 0 Å². The van der Waals surface area contributed by atoms with Gasteiger partial charge in [0, 0.05) is 23.1 Å². The Kier molecular flexibility index (Phi) is 5.32. The highest BCUT2D eigenvalue weighted by Gasteiger charge is 2.10. The van der Waals surface area contributed by atoms with Crippen LogP contribution in [0.4, 0.5) is 0 Å². The zero-order chi connectivity index (χ0) is 8.27. The summed E-state index contributed by atoms with van der Waals surface area (Å²) in [6.07, 6.45) is 0. The molecule has 1 rings (SSSR count). The van der Waals surface area contributed by atoms with Crippen molar-refractivity contribution in [1.29, 1.82) is 0 Å². The van der Waals surface area contributed by atoms with Crippen molar-refractivity contribution in [2.45, 2.75) is 0 Å². The Morgan fingerprint density at radius 3 is 2.50 bits per heavy atom. The number of hydrogen-bond donors (Lipinski definition) is 2. The summed E-state index contributed by atoms with van der Waals surface area (Å²) in [6, 6.07) is 6.64. The number of hydrogen-bond acceptors (Lipinski definition) is 3. The van der Waals surface area contributed by atoms with Crippen LogP contribution in [0, 0.1) is 0 Å².